The summed E-state index contributed by atoms with van der Waals surface area (Å²) in [4.78, 5) is 10.0. The number of ether oxygens (including phenoxy) is 2. The summed E-state index contributed by atoms with van der Waals surface area (Å²) in [6.07, 6.45) is -0.291. The minimum atomic E-state index is -0.291. The summed E-state index contributed by atoms with van der Waals surface area (Å²) >= 11 is 6.54. The highest BCUT2D eigenvalue weighted by Crippen LogP contribution is 2.50. The Labute approximate surface area is 269 Å². The maximum Gasteiger partial charge on any atom is 0.194 e. The van der Waals surface area contributed by atoms with E-state index in [1.807, 2.05) is 91.0 Å². The Hall–Kier alpha value is -5.85. The zero-order valence-electron chi connectivity index (χ0n) is 24.4. The van der Waals surface area contributed by atoms with Crippen LogP contribution < -0.4 is 14.8 Å². The number of hydrogen-bond donors (Lipinski definition) is 1. The van der Waals surface area contributed by atoms with E-state index < -0.39 is 0 Å². The lowest BCUT2D eigenvalue weighted by atomic mass is 10.1. The average molecular weight is 617 g/mol. The number of fused-ring (bicyclic) bond motifs is 6. The van der Waals surface area contributed by atoms with Crippen molar-refractivity contribution in [1.29, 1.82) is 0 Å². The number of para-hydroxylation sites is 2. The van der Waals surface area contributed by atoms with Gasteiger partial charge in [-0.2, -0.15) is 0 Å². The molecule has 0 fully saturated rings. The van der Waals surface area contributed by atoms with Crippen molar-refractivity contribution in [2.75, 3.05) is 0 Å². The molecule has 0 bridgehead atoms. The van der Waals surface area contributed by atoms with Crippen LogP contribution in [0.4, 0.5) is 0 Å². The molecule has 0 saturated heterocycles. The van der Waals surface area contributed by atoms with E-state index in [0.717, 1.165) is 50.0 Å². The molecule has 0 aliphatic carbocycles. The van der Waals surface area contributed by atoms with Gasteiger partial charge in [-0.3, -0.25) is 0 Å². The molecule has 6 aromatic carbocycles. The molecule has 0 radical (unpaired) electrons. The highest BCUT2D eigenvalue weighted by atomic mass is 35.5. The van der Waals surface area contributed by atoms with Crippen molar-refractivity contribution in [1.82, 2.24) is 9.88 Å². The molecule has 6 nitrogen and oxygen atoms in total. The lowest BCUT2D eigenvalue weighted by Crippen LogP contribution is -2.33. The van der Waals surface area contributed by atoms with Crippen LogP contribution in [-0.2, 0) is 0 Å². The van der Waals surface area contributed by atoms with Crippen molar-refractivity contribution in [3.63, 3.8) is 0 Å². The standard InChI is InChI=1S/C39H25ClN4O2/c40-27-18-20-31-30(23-27)29-19-21-34-36(46-33-17-8-7-16-32(33)45-34)35(29)44(31)28-15-9-14-26(22-28)39-42-37(24-10-3-1-4-11-24)41-38(43-39)25-12-5-2-6-13-25/h1-23,37H,(H,41,42,43). The first-order valence-corrected chi connectivity index (χ1v) is 15.4. The second kappa shape index (κ2) is 10.6. The second-order valence-corrected chi connectivity index (χ2v) is 11.7. The first kappa shape index (κ1) is 26.5. The summed E-state index contributed by atoms with van der Waals surface area (Å²) in [6.45, 7) is 0. The predicted octanol–water partition coefficient (Wildman–Crippen LogP) is 9.83. The summed E-state index contributed by atoms with van der Waals surface area (Å²) < 4.78 is 15.1. The molecule has 220 valence electrons. The Balaban J connectivity index is 1.22. The number of nitrogens with zero attached hydrogens (tertiary/aromatic N) is 3. The maximum atomic E-state index is 6.55. The van der Waals surface area contributed by atoms with Crippen LogP contribution in [0.15, 0.2) is 150 Å². The summed E-state index contributed by atoms with van der Waals surface area (Å²) in [5, 5.41) is 6.30. The van der Waals surface area contributed by atoms with Crippen molar-refractivity contribution in [3.05, 3.63) is 161 Å². The molecular formula is C39H25ClN4O2. The van der Waals surface area contributed by atoms with Crippen LogP contribution in [0.3, 0.4) is 0 Å². The summed E-state index contributed by atoms with van der Waals surface area (Å²) in [7, 11) is 0. The van der Waals surface area contributed by atoms with Gasteiger partial charge < -0.3 is 19.4 Å². The number of aromatic nitrogens is 1. The molecule has 0 saturated carbocycles. The van der Waals surface area contributed by atoms with Crippen LogP contribution >= 0.6 is 11.6 Å². The lowest BCUT2D eigenvalue weighted by Gasteiger charge is -2.24. The Morgan fingerprint density at radius 1 is 0.630 bits per heavy atom. The quantitative estimate of drug-likeness (QED) is 0.214. The monoisotopic (exact) mass is 616 g/mol. The van der Waals surface area contributed by atoms with E-state index in [1.165, 1.54) is 0 Å². The highest BCUT2D eigenvalue weighted by Gasteiger charge is 2.26. The topological polar surface area (TPSA) is 60.1 Å². The van der Waals surface area contributed by atoms with Gasteiger partial charge in [-0.05, 0) is 60.2 Å². The summed E-state index contributed by atoms with van der Waals surface area (Å²) in [5.41, 5.74) is 5.79. The molecule has 2 aliphatic rings. The van der Waals surface area contributed by atoms with Gasteiger partial charge in [-0.25, -0.2) is 9.98 Å². The van der Waals surface area contributed by atoms with E-state index >= 15 is 0 Å². The zero-order valence-corrected chi connectivity index (χ0v) is 25.1. The molecule has 1 atom stereocenters. The number of benzene rings is 6. The van der Waals surface area contributed by atoms with Crippen molar-refractivity contribution in [3.8, 4) is 28.7 Å². The fourth-order valence-electron chi connectivity index (χ4n) is 6.24. The average Bonchev–Trinajstić information content (AvgIpc) is 3.45. The number of hydrogen-bond acceptors (Lipinski definition) is 5. The van der Waals surface area contributed by atoms with Crippen LogP contribution in [-0.4, -0.2) is 16.2 Å². The van der Waals surface area contributed by atoms with Crippen LogP contribution in [0.5, 0.6) is 23.0 Å². The van der Waals surface area contributed by atoms with Gasteiger partial charge in [-0.1, -0.05) is 96.5 Å². The van der Waals surface area contributed by atoms with E-state index in [0.29, 0.717) is 33.9 Å². The third kappa shape index (κ3) is 4.42. The van der Waals surface area contributed by atoms with Gasteiger partial charge in [0.25, 0.3) is 0 Å². The smallest absolute Gasteiger partial charge is 0.194 e. The zero-order chi connectivity index (χ0) is 30.6. The van der Waals surface area contributed by atoms with Crippen molar-refractivity contribution >= 4 is 45.1 Å². The fourth-order valence-corrected chi connectivity index (χ4v) is 6.41. The molecular weight excluding hydrogens is 592 g/mol. The highest BCUT2D eigenvalue weighted by molar-refractivity contribution is 6.32. The minimum Gasteiger partial charge on any atom is -0.449 e. The van der Waals surface area contributed by atoms with Crippen LogP contribution in [0, 0.1) is 0 Å². The third-order valence-corrected chi connectivity index (χ3v) is 8.59. The fraction of sp³-hybridized carbons (Fsp3) is 0.0256. The molecule has 3 heterocycles. The minimum absolute atomic E-state index is 0.291. The molecule has 1 aromatic heterocycles. The van der Waals surface area contributed by atoms with Crippen molar-refractivity contribution in [2.45, 2.75) is 6.17 Å². The van der Waals surface area contributed by atoms with Crippen LogP contribution in [0.2, 0.25) is 5.02 Å². The molecule has 0 spiro atoms. The van der Waals surface area contributed by atoms with Gasteiger partial charge in [-0.15, -0.1) is 0 Å². The second-order valence-electron chi connectivity index (χ2n) is 11.2. The normalized spacial score (nSPS) is 15.2. The largest absolute Gasteiger partial charge is 0.449 e. The Morgan fingerprint density at radius 2 is 1.37 bits per heavy atom. The maximum absolute atomic E-state index is 6.55. The lowest BCUT2D eigenvalue weighted by molar-refractivity contribution is 0.362. The number of aliphatic imine (C=N–C) groups is 2. The SMILES string of the molecule is Clc1ccc2c(c1)c1ccc3c(c1n2-c1cccc(C2=NC(c4ccccc4)=NC(c4ccccc4)N2)c1)Oc1ccccc1O3. The number of amidine groups is 2. The number of rotatable bonds is 4. The van der Waals surface area contributed by atoms with E-state index in [9.17, 15) is 0 Å². The van der Waals surface area contributed by atoms with E-state index in [1.54, 1.807) is 0 Å². The molecule has 1 unspecified atom stereocenters. The molecule has 1 N–H and O–H groups in total. The van der Waals surface area contributed by atoms with Crippen LogP contribution in [0.1, 0.15) is 22.9 Å². The third-order valence-electron chi connectivity index (χ3n) is 8.36. The number of nitrogens with one attached hydrogen (secondary N) is 1. The van der Waals surface area contributed by atoms with Gasteiger partial charge in [0.05, 0.1) is 5.52 Å². The Morgan fingerprint density at radius 3 is 2.20 bits per heavy atom. The molecule has 0 amide bonds. The van der Waals surface area contributed by atoms with Gasteiger partial charge in [0.1, 0.15) is 17.5 Å². The van der Waals surface area contributed by atoms with Crippen molar-refractivity contribution < 1.29 is 9.47 Å². The van der Waals surface area contributed by atoms with Crippen molar-refractivity contribution in [2.24, 2.45) is 9.98 Å². The first-order chi connectivity index (χ1) is 22.7. The van der Waals surface area contributed by atoms with Gasteiger partial charge in [0.15, 0.2) is 28.8 Å². The van der Waals surface area contributed by atoms with Gasteiger partial charge in [0.2, 0.25) is 0 Å². The van der Waals surface area contributed by atoms with Gasteiger partial charge >= 0.3 is 0 Å². The molecule has 7 heteroatoms. The molecule has 2 aliphatic heterocycles. The number of halogens is 1. The molecule has 7 aromatic rings. The molecule has 9 rings (SSSR count). The van der Waals surface area contributed by atoms with Crippen LogP contribution in [0.25, 0.3) is 27.5 Å². The molecule has 46 heavy (non-hydrogen) atoms. The first-order valence-electron chi connectivity index (χ1n) is 15.1. The predicted molar refractivity (Wildman–Crippen MR) is 184 cm³/mol. The van der Waals surface area contributed by atoms with E-state index in [4.69, 9.17) is 31.1 Å². The van der Waals surface area contributed by atoms with E-state index in [-0.39, 0.29) is 6.17 Å². The summed E-state index contributed by atoms with van der Waals surface area (Å²) in [5.74, 6) is 4.09. The Kier molecular flexibility index (Phi) is 6.14. The summed E-state index contributed by atoms with van der Waals surface area (Å²) in [6, 6.07) is 46.4. The van der Waals surface area contributed by atoms with Gasteiger partial charge in [0, 0.05) is 32.6 Å². The Bertz CT molecular complexity index is 2360. The van der Waals surface area contributed by atoms with E-state index in [2.05, 4.69) is 58.4 Å².